The van der Waals surface area contributed by atoms with Crippen molar-refractivity contribution in [3.05, 3.63) is 0 Å². The third-order valence-electron chi connectivity index (χ3n) is 5.70. The molecule has 1 rings (SSSR count). The molecule has 0 aromatic heterocycles. The Labute approximate surface area is 96.8 Å². The van der Waals surface area contributed by atoms with E-state index in [4.69, 9.17) is 0 Å². The van der Waals surface area contributed by atoms with Crippen molar-refractivity contribution in [2.45, 2.75) is 74.1 Å². The first kappa shape index (κ1) is 13.1. The van der Waals surface area contributed by atoms with Crippen LogP contribution in [0.3, 0.4) is 0 Å². The van der Waals surface area contributed by atoms with Gasteiger partial charge in [0.25, 0.3) is 0 Å². The van der Waals surface area contributed by atoms with Crippen molar-refractivity contribution in [1.29, 1.82) is 0 Å². The molecule has 0 nitrogen and oxygen atoms in total. The van der Waals surface area contributed by atoms with E-state index in [1.165, 1.54) is 25.7 Å². The summed E-state index contributed by atoms with van der Waals surface area (Å²) < 4.78 is 0. The van der Waals surface area contributed by atoms with Gasteiger partial charge in [-0.05, 0) is 47.8 Å². The van der Waals surface area contributed by atoms with E-state index in [2.05, 4.69) is 48.5 Å². The minimum atomic E-state index is 0.464. The van der Waals surface area contributed by atoms with Gasteiger partial charge >= 0.3 is 0 Å². The number of hydrogen-bond donors (Lipinski definition) is 0. The molecule has 0 heterocycles. The summed E-state index contributed by atoms with van der Waals surface area (Å²) in [5.74, 6) is 0.835. The molecular formula is C15H30. The molecule has 0 unspecified atom stereocenters. The normalized spacial score (nSPS) is 38.4. The second-order valence-electron chi connectivity index (χ2n) is 7.62. The molecule has 0 bridgehead atoms. The summed E-state index contributed by atoms with van der Waals surface area (Å²) in [6.45, 7) is 17.0. The van der Waals surface area contributed by atoms with Gasteiger partial charge in [-0.25, -0.2) is 0 Å². The molecule has 1 fully saturated rings. The molecule has 90 valence electrons. The summed E-state index contributed by atoms with van der Waals surface area (Å²) in [7, 11) is 0. The first-order valence-corrected chi connectivity index (χ1v) is 6.61. The van der Waals surface area contributed by atoms with Crippen molar-refractivity contribution in [2.24, 2.45) is 22.2 Å². The zero-order valence-corrected chi connectivity index (χ0v) is 11.9. The van der Waals surface area contributed by atoms with E-state index in [9.17, 15) is 0 Å². The summed E-state index contributed by atoms with van der Waals surface area (Å²) in [5, 5.41) is 0. The summed E-state index contributed by atoms with van der Waals surface area (Å²) >= 11 is 0. The van der Waals surface area contributed by atoms with Gasteiger partial charge in [0.05, 0.1) is 0 Å². The van der Waals surface area contributed by atoms with Crippen molar-refractivity contribution in [2.75, 3.05) is 0 Å². The molecule has 0 N–H and O–H groups in total. The fourth-order valence-electron chi connectivity index (χ4n) is 2.70. The Balaban J connectivity index is 2.71. The van der Waals surface area contributed by atoms with Crippen molar-refractivity contribution in [1.82, 2.24) is 0 Å². The maximum atomic E-state index is 2.49. The van der Waals surface area contributed by atoms with Gasteiger partial charge in [0.15, 0.2) is 0 Å². The molecule has 15 heavy (non-hydrogen) atoms. The lowest BCUT2D eigenvalue weighted by Crippen LogP contribution is -2.41. The maximum Gasteiger partial charge on any atom is -0.0277 e. The van der Waals surface area contributed by atoms with Gasteiger partial charge in [0.1, 0.15) is 0 Å². The summed E-state index contributed by atoms with van der Waals surface area (Å²) in [4.78, 5) is 0. The Morgan fingerprint density at radius 1 is 0.867 bits per heavy atom. The SMILES string of the molecule is CC(C)C1(C)CCC(C)(C(C)(C)C)CC1. The molecule has 0 amide bonds. The first-order valence-electron chi connectivity index (χ1n) is 6.61. The minimum Gasteiger partial charge on any atom is -0.0623 e. The predicted molar refractivity (Wildman–Crippen MR) is 69.0 cm³/mol. The van der Waals surface area contributed by atoms with E-state index in [1.807, 2.05) is 0 Å². The fourth-order valence-corrected chi connectivity index (χ4v) is 2.70. The molecule has 1 aliphatic rings. The highest BCUT2D eigenvalue weighted by molar-refractivity contribution is 4.95. The zero-order valence-electron chi connectivity index (χ0n) is 11.9. The van der Waals surface area contributed by atoms with Crippen LogP contribution in [0.4, 0.5) is 0 Å². The topological polar surface area (TPSA) is 0 Å². The lowest BCUT2D eigenvalue weighted by molar-refractivity contribution is -0.00596. The van der Waals surface area contributed by atoms with Crippen LogP contribution < -0.4 is 0 Å². The van der Waals surface area contributed by atoms with Crippen LogP contribution in [0.1, 0.15) is 74.1 Å². The minimum absolute atomic E-state index is 0.464. The van der Waals surface area contributed by atoms with E-state index in [-0.39, 0.29) is 0 Å². The van der Waals surface area contributed by atoms with Crippen LogP contribution in [-0.4, -0.2) is 0 Å². The lowest BCUT2D eigenvalue weighted by atomic mass is 9.54. The second-order valence-corrected chi connectivity index (χ2v) is 7.62. The molecule has 0 saturated heterocycles. The molecule has 1 aliphatic carbocycles. The molecule has 0 radical (unpaired) electrons. The summed E-state index contributed by atoms with van der Waals surface area (Å²) in [5.41, 5.74) is 1.62. The van der Waals surface area contributed by atoms with Gasteiger partial charge in [0, 0.05) is 0 Å². The van der Waals surface area contributed by atoms with Crippen LogP contribution in [0.15, 0.2) is 0 Å². The van der Waals surface area contributed by atoms with Crippen LogP contribution in [0, 0.1) is 22.2 Å². The third kappa shape index (κ3) is 2.40. The quantitative estimate of drug-likeness (QED) is 0.552. The smallest absolute Gasteiger partial charge is 0.0277 e. The first-order chi connectivity index (χ1) is 6.61. The van der Waals surface area contributed by atoms with E-state index < -0.39 is 0 Å². The van der Waals surface area contributed by atoms with Crippen LogP contribution in [0.2, 0.25) is 0 Å². The van der Waals surface area contributed by atoms with E-state index in [1.54, 1.807) is 0 Å². The molecule has 0 heteroatoms. The highest BCUT2D eigenvalue weighted by atomic mass is 14.5. The van der Waals surface area contributed by atoms with E-state index in [0.717, 1.165) is 5.92 Å². The molecular weight excluding hydrogens is 180 g/mol. The zero-order chi connectivity index (χ0) is 11.9. The Hall–Kier alpha value is 0. The average Bonchev–Trinajstić information content (AvgIpc) is 2.08. The van der Waals surface area contributed by atoms with Crippen molar-refractivity contribution >= 4 is 0 Å². The number of rotatable bonds is 1. The van der Waals surface area contributed by atoms with Crippen LogP contribution in [-0.2, 0) is 0 Å². The van der Waals surface area contributed by atoms with E-state index >= 15 is 0 Å². The molecule has 0 aromatic rings. The standard InChI is InChI=1S/C15H30/c1-12(2)14(6)8-10-15(7,11-9-14)13(3,4)5/h12H,8-11H2,1-7H3. The molecule has 1 saturated carbocycles. The van der Waals surface area contributed by atoms with Crippen LogP contribution in [0.25, 0.3) is 0 Å². The average molecular weight is 210 g/mol. The van der Waals surface area contributed by atoms with Gasteiger partial charge in [-0.15, -0.1) is 0 Å². The summed E-state index contributed by atoms with van der Waals surface area (Å²) in [6, 6.07) is 0. The predicted octanol–water partition coefficient (Wildman–Crippen LogP) is 5.28. The van der Waals surface area contributed by atoms with E-state index in [0.29, 0.717) is 16.2 Å². The third-order valence-corrected chi connectivity index (χ3v) is 5.70. The largest absolute Gasteiger partial charge is 0.0623 e. The molecule has 0 spiro atoms. The van der Waals surface area contributed by atoms with Crippen LogP contribution >= 0.6 is 0 Å². The van der Waals surface area contributed by atoms with Gasteiger partial charge in [-0.3, -0.25) is 0 Å². The Morgan fingerprint density at radius 2 is 1.27 bits per heavy atom. The number of hydrogen-bond acceptors (Lipinski definition) is 0. The summed E-state index contributed by atoms with van der Waals surface area (Å²) in [6.07, 6.45) is 5.65. The van der Waals surface area contributed by atoms with Gasteiger partial charge in [-0.2, -0.15) is 0 Å². The highest BCUT2D eigenvalue weighted by Crippen LogP contribution is 2.55. The molecule has 0 aliphatic heterocycles. The van der Waals surface area contributed by atoms with Crippen molar-refractivity contribution < 1.29 is 0 Å². The molecule has 0 atom stereocenters. The molecule has 0 aromatic carbocycles. The second kappa shape index (κ2) is 3.79. The van der Waals surface area contributed by atoms with Gasteiger partial charge in [-0.1, -0.05) is 48.5 Å². The highest BCUT2D eigenvalue weighted by Gasteiger charge is 2.44. The van der Waals surface area contributed by atoms with Crippen LogP contribution in [0.5, 0.6) is 0 Å². The van der Waals surface area contributed by atoms with Gasteiger partial charge < -0.3 is 0 Å². The van der Waals surface area contributed by atoms with Crippen molar-refractivity contribution in [3.63, 3.8) is 0 Å². The Morgan fingerprint density at radius 3 is 1.53 bits per heavy atom. The maximum absolute atomic E-state index is 2.49. The lowest BCUT2D eigenvalue weighted by Gasteiger charge is -2.51. The Kier molecular flexibility index (Phi) is 3.30. The monoisotopic (exact) mass is 210 g/mol. The Bertz CT molecular complexity index is 209. The van der Waals surface area contributed by atoms with Crippen molar-refractivity contribution in [3.8, 4) is 0 Å². The fraction of sp³-hybridized carbons (Fsp3) is 1.00. The van der Waals surface area contributed by atoms with Gasteiger partial charge in [0.2, 0.25) is 0 Å².